The van der Waals surface area contributed by atoms with Gasteiger partial charge in [-0.05, 0) is 27.6 Å². The molecule has 0 aliphatic carbocycles. The van der Waals surface area contributed by atoms with Gasteiger partial charge in [0.1, 0.15) is 0 Å². The second kappa shape index (κ2) is 3.23. The average molecular weight is 289 g/mol. The van der Waals surface area contributed by atoms with E-state index in [4.69, 9.17) is 0 Å². The van der Waals surface area contributed by atoms with Gasteiger partial charge in [0, 0.05) is 16.6 Å². The van der Waals surface area contributed by atoms with Crippen molar-refractivity contribution in [3.63, 3.8) is 0 Å². The van der Waals surface area contributed by atoms with E-state index in [1.54, 1.807) is 0 Å². The third-order valence-corrected chi connectivity index (χ3v) is 3.73. The van der Waals surface area contributed by atoms with E-state index in [9.17, 15) is 0 Å². The Labute approximate surface area is 88.1 Å². The van der Waals surface area contributed by atoms with Crippen molar-refractivity contribution in [3.05, 3.63) is 38.9 Å². The number of benzene rings is 1. The highest BCUT2D eigenvalue weighted by molar-refractivity contribution is 9.14. The lowest BCUT2D eigenvalue weighted by Gasteiger charge is -2.17. The summed E-state index contributed by atoms with van der Waals surface area (Å²) in [5.41, 5.74) is 2.51. The topological polar surface area (TPSA) is 12.0 Å². The van der Waals surface area contributed by atoms with Crippen LogP contribution < -0.4 is 5.32 Å². The summed E-state index contributed by atoms with van der Waals surface area (Å²) in [4.78, 5) is 0. The van der Waals surface area contributed by atoms with E-state index in [1.165, 1.54) is 15.7 Å². The molecule has 1 aliphatic heterocycles. The van der Waals surface area contributed by atoms with Gasteiger partial charge in [-0.2, -0.15) is 0 Å². The smallest absolute Gasteiger partial charge is 0.0930 e. The Morgan fingerprint density at radius 1 is 1.17 bits per heavy atom. The molecule has 0 atom stereocenters. The Morgan fingerprint density at radius 3 is 2.75 bits per heavy atom. The van der Waals surface area contributed by atoms with Crippen molar-refractivity contribution >= 4 is 37.5 Å². The predicted molar refractivity (Wildman–Crippen MR) is 58.6 cm³/mol. The number of anilines is 1. The van der Waals surface area contributed by atoms with Crippen molar-refractivity contribution in [2.24, 2.45) is 0 Å². The fraction of sp³-hybridized carbons (Fsp3) is 0.111. The van der Waals surface area contributed by atoms with E-state index < -0.39 is 0 Å². The quantitative estimate of drug-likeness (QED) is 0.719. The van der Waals surface area contributed by atoms with Crippen LogP contribution >= 0.6 is 31.9 Å². The van der Waals surface area contributed by atoms with Crippen molar-refractivity contribution < 1.29 is 0 Å². The Balaban J connectivity index is 2.43. The highest BCUT2D eigenvalue weighted by Gasteiger charge is 2.12. The first kappa shape index (κ1) is 8.32. The number of hydrogen-bond donors (Lipinski definition) is 1. The first-order valence-electron chi connectivity index (χ1n) is 3.66. The standard InChI is InChI=1S/C9H7Br2N/c10-7-5-6-3-1-2-4-8(6)12-9(7)11/h1-4,12H,5H2. The largest absolute Gasteiger partial charge is 0.349 e. The number of allylic oxidation sites excluding steroid dienone is 1. The molecule has 0 saturated carbocycles. The zero-order valence-corrected chi connectivity index (χ0v) is 9.44. The maximum Gasteiger partial charge on any atom is 0.0930 e. The van der Waals surface area contributed by atoms with E-state index >= 15 is 0 Å². The number of fused-ring (bicyclic) bond motifs is 1. The van der Waals surface area contributed by atoms with Crippen molar-refractivity contribution in [2.45, 2.75) is 6.42 Å². The maximum atomic E-state index is 3.49. The van der Waals surface area contributed by atoms with E-state index in [0.717, 1.165) is 11.0 Å². The maximum absolute atomic E-state index is 3.49. The normalized spacial score (nSPS) is 15.5. The molecule has 0 aromatic heterocycles. The second-order valence-corrected chi connectivity index (χ2v) is 4.43. The Hall–Kier alpha value is -0.280. The van der Waals surface area contributed by atoms with Crippen LogP contribution in [0.3, 0.4) is 0 Å². The molecule has 0 spiro atoms. The molecule has 0 unspecified atom stereocenters. The molecule has 62 valence electrons. The summed E-state index contributed by atoms with van der Waals surface area (Å²) < 4.78 is 2.20. The SMILES string of the molecule is BrC1=C(Br)Nc2ccccc2C1. The lowest BCUT2D eigenvalue weighted by atomic mass is 10.1. The van der Waals surface area contributed by atoms with Gasteiger partial charge >= 0.3 is 0 Å². The molecule has 1 N–H and O–H groups in total. The van der Waals surface area contributed by atoms with Gasteiger partial charge < -0.3 is 5.32 Å². The van der Waals surface area contributed by atoms with E-state index in [-0.39, 0.29) is 0 Å². The summed E-state index contributed by atoms with van der Waals surface area (Å²) in [5, 5.41) is 3.26. The van der Waals surface area contributed by atoms with Gasteiger partial charge in [-0.1, -0.05) is 34.1 Å². The number of rotatable bonds is 0. The van der Waals surface area contributed by atoms with Gasteiger partial charge in [-0.3, -0.25) is 0 Å². The van der Waals surface area contributed by atoms with Gasteiger partial charge in [-0.15, -0.1) is 0 Å². The summed E-state index contributed by atoms with van der Waals surface area (Å²) in [7, 11) is 0. The monoisotopic (exact) mass is 287 g/mol. The summed E-state index contributed by atoms with van der Waals surface area (Å²) >= 11 is 6.94. The van der Waals surface area contributed by atoms with Crippen LogP contribution in [0, 0.1) is 0 Å². The van der Waals surface area contributed by atoms with Crippen LogP contribution in [0.5, 0.6) is 0 Å². The van der Waals surface area contributed by atoms with E-state index in [0.29, 0.717) is 0 Å². The average Bonchev–Trinajstić information content (AvgIpc) is 2.07. The van der Waals surface area contributed by atoms with Gasteiger partial charge in [0.05, 0.1) is 4.61 Å². The molecule has 0 saturated heterocycles. The fourth-order valence-corrected chi connectivity index (χ4v) is 1.98. The van der Waals surface area contributed by atoms with Crippen LogP contribution in [-0.4, -0.2) is 0 Å². The highest BCUT2D eigenvalue weighted by atomic mass is 79.9. The number of para-hydroxylation sites is 1. The van der Waals surface area contributed by atoms with Gasteiger partial charge in [0.25, 0.3) is 0 Å². The molecular weight excluding hydrogens is 282 g/mol. The zero-order chi connectivity index (χ0) is 8.55. The van der Waals surface area contributed by atoms with Gasteiger partial charge in [0.2, 0.25) is 0 Å². The molecule has 1 aliphatic rings. The van der Waals surface area contributed by atoms with Crippen molar-refractivity contribution in [1.82, 2.24) is 0 Å². The second-order valence-electron chi connectivity index (χ2n) is 2.68. The summed E-state index contributed by atoms with van der Waals surface area (Å²) in [6.07, 6.45) is 0.962. The first-order valence-corrected chi connectivity index (χ1v) is 5.25. The molecule has 1 aromatic carbocycles. The fourth-order valence-electron chi connectivity index (χ4n) is 1.23. The van der Waals surface area contributed by atoms with Crippen LogP contribution in [0.2, 0.25) is 0 Å². The van der Waals surface area contributed by atoms with Crippen LogP contribution in [0.4, 0.5) is 5.69 Å². The third-order valence-electron chi connectivity index (χ3n) is 1.85. The number of hydrogen-bond acceptors (Lipinski definition) is 1. The predicted octanol–water partition coefficient (Wildman–Crippen LogP) is 3.61. The molecule has 3 heteroatoms. The van der Waals surface area contributed by atoms with Crippen LogP contribution in [0.1, 0.15) is 5.56 Å². The molecule has 12 heavy (non-hydrogen) atoms. The highest BCUT2D eigenvalue weighted by Crippen LogP contribution is 2.32. The Kier molecular flexibility index (Phi) is 2.24. The molecule has 1 nitrogen and oxygen atoms in total. The Morgan fingerprint density at radius 2 is 1.92 bits per heavy atom. The molecule has 0 fully saturated rings. The van der Waals surface area contributed by atoms with Crippen molar-refractivity contribution in [3.8, 4) is 0 Å². The molecule has 2 rings (SSSR count). The lowest BCUT2D eigenvalue weighted by molar-refractivity contribution is 1.20. The van der Waals surface area contributed by atoms with Crippen LogP contribution in [0.25, 0.3) is 0 Å². The minimum absolute atomic E-state index is 0.962. The van der Waals surface area contributed by atoms with Crippen LogP contribution in [-0.2, 0) is 6.42 Å². The minimum Gasteiger partial charge on any atom is -0.349 e. The van der Waals surface area contributed by atoms with Crippen LogP contribution in [0.15, 0.2) is 33.4 Å². The molecular formula is C9H7Br2N. The molecule has 0 bridgehead atoms. The summed E-state index contributed by atoms with van der Waals surface area (Å²) in [5.74, 6) is 0. The number of halogens is 2. The zero-order valence-electron chi connectivity index (χ0n) is 6.27. The van der Waals surface area contributed by atoms with Gasteiger partial charge in [-0.25, -0.2) is 0 Å². The summed E-state index contributed by atoms with van der Waals surface area (Å²) in [6.45, 7) is 0. The van der Waals surface area contributed by atoms with E-state index in [1.807, 2.05) is 6.07 Å². The first-order chi connectivity index (χ1) is 5.77. The number of nitrogens with one attached hydrogen (secondary N) is 1. The molecule has 1 aromatic rings. The third kappa shape index (κ3) is 1.43. The van der Waals surface area contributed by atoms with Crippen molar-refractivity contribution in [1.29, 1.82) is 0 Å². The molecule has 1 heterocycles. The summed E-state index contributed by atoms with van der Waals surface area (Å²) in [6, 6.07) is 8.30. The van der Waals surface area contributed by atoms with Gasteiger partial charge in [0.15, 0.2) is 0 Å². The van der Waals surface area contributed by atoms with E-state index in [2.05, 4.69) is 55.4 Å². The minimum atomic E-state index is 0.962. The molecule has 0 radical (unpaired) electrons. The lowest BCUT2D eigenvalue weighted by Crippen LogP contribution is -2.05. The molecule has 0 amide bonds. The Bertz CT molecular complexity index is 311. The van der Waals surface area contributed by atoms with Crippen molar-refractivity contribution in [2.75, 3.05) is 5.32 Å².